The molecule has 2 aromatic rings. The van der Waals surface area contributed by atoms with Crippen LogP contribution in [0.1, 0.15) is 30.0 Å². The molecule has 3 rings (SSSR count). The molecule has 0 radical (unpaired) electrons. The van der Waals surface area contributed by atoms with Crippen LogP contribution in [0.25, 0.3) is 0 Å². The van der Waals surface area contributed by atoms with Gasteiger partial charge < -0.3 is 14.6 Å². The van der Waals surface area contributed by atoms with Gasteiger partial charge in [-0.2, -0.15) is 4.31 Å². The Kier molecular flexibility index (Phi) is 5.64. The maximum Gasteiger partial charge on any atom is 0.243 e. The van der Waals surface area contributed by atoms with E-state index in [4.69, 9.17) is 9.26 Å². The van der Waals surface area contributed by atoms with E-state index in [0.29, 0.717) is 17.1 Å². The van der Waals surface area contributed by atoms with Crippen LogP contribution in [0.15, 0.2) is 39.8 Å². The molecule has 9 heteroatoms. The third kappa shape index (κ3) is 4.55. The third-order valence-corrected chi connectivity index (χ3v) is 6.07. The summed E-state index contributed by atoms with van der Waals surface area (Å²) in [4.78, 5) is 12.5. The van der Waals surface area contributed by atoms with Gasteiger partial charge in [0, 0.05) is 24.7 Å². The summed E-state index contributed by atoms with van der Waals surface area (Å²) in [7, 11) is -3.69. The standard InChI is InChI=1S/C18H23N3O5S/c1-12-7-18(20-26-12)19-9-17(22)15-5-4-6-16(8-15)27(23,24)21-10-13(2)25-14(3)11-21/h4-8,13-14H,9-11H2,1-3H3,(H,19,20). The van der Waals surface area contributed by atoms with Gasteiger partial charge >= 0.3 is 0 Å². The molecular weight excluding hydrogens is 370 g/mol. The second kappa shape index (κ2) is 7.79. The second-order valence-corrected chi connectivity index (χ2v) is 8.64. The zero-order chi connectivity index (χ0) is 19.6. The van der Waals surface area contributed by atoms with Crippen LogP contribution in [-0.4, -0.2) is 55.5 Å². The minimum absolute atomic E-state index is 0.0128. The topological polar surface area (TPSA) is 102 Å². The largest absolute Gasteiger partial charge is 0.373 e. The van der Waals surface area contributed by atoms with E-state index in [1.807, 2.05) is 13.8 Å². The lowest BCUT2D eigenvalue weighted by Crippen LogP contribution is -2.48. The van der Waals surface area contributed by atoms with Crippen molar-refractivity contribution in [2.75, 3.05) is 25.0 Å². The Morgan fingerprint density at radius 2 is 1.96 bits per heavy atom. The van der Waals surface area contributed by atoms with Crippen LogP contribution < -0.4 is 5.32 Å². The molecule has 27 heavy (non-hydrogen) atoms. The van der Waals surface area contributed by atoms with Crippen molar-refractivity contribution in [1.82, 2.24) is 9.46 Å². The van der Waals surface area contributed by atoms with Crippen molar-refractivity contribution in [2.24, 2.45) is 0 Å². The smallest absolute Gasteiger partial charge is 0.243 e. The number of aryl methyl sites for hydroxylation is 1. The Morgan fingerprint density at radius 1 is 1.26 bits per heavy atom. The van der Waals surface area contributed by atoms with E-state index in [1.54, 1.807) is 25.1 Å². The van der Waals surface area contributed by atoms with E-state index < -0.39 is 10.0 Å². The van der Waals surface area contributed by atoms with Gasteiger partial charge in [-0.15, -0.1) is 0 Å². The van der Waals surface area contributed by atoms with Crippen molar-refractivity contribution < 1.29 is 22.5 Å². The molecule has 1 aliphatic rings. The number of morpholine rings is 1. The lowest BCUT2D eigenvalue weighted by molar-refractivity contribution is -0.0440. The van der Waals surface area contributed by atoms with Gasteiger partial charge in [-0.3, -0.25) is 4.79 Å². The minimum Gasteiger partial charge on any atom is -0.373 e. The van der Waals surface area contributed by atoms with Crippen molar-refractivity contribution in [1.29, 1.82) is 0 Å². The predicted molar refractivity (Wildman–Crippen MR) is 99.3 cm³/mol. The van der Waals surface area contributed by atoms with Crippen molar-refractivity contribution in [3.05, 3.63) is 41.7 Å². The van der Waals surface area contributed by atoms with Crippen LogP contribution in [0.4, 0.5) is 5.82 Å². The quantitative estimate of drug-likeness (QED) is 0.750. The zero-order valence-corrected chi connectivity index (χ0v) is 16.3. The summed E-state index contributed by atoms with van der Waals surface area (Å²) in [5, 5.41) is 6.63. The fourth-order valence-corrected chi connectivity index (χ4v) is 4.67. The van der Waals surface area contributed by atoms with Gasteiger partial charge in [0.2, 0.25) is 10.0 Å². The average Bonchev–Trinajstić information content (AvgIpc) is 3.04. The minimum atomic E-state index is -3.69. The zero-order valence-electron chi connectivity index (χ0n) is 15.5. The highest BCUT2D eigenvalue weighted by molar-refractivity contribution is 7.89. The molecule has 1 saturated heterocycles. The SMILES string of the molecule is Cc1cc(NCC(=O)c2cccc(S(=O)(=O)N3CC(C)OC(C)C3)c2)no1. The van der Waals surface area contributed by atoms with Crippen molar-refractivity contribution in [3.63, 3.8) is 0 Å². The molecule has 2 atom stereocenters. The van der Waals surface area contributed by atoms with Crippen LogP contribution >= 0.6 is 0 Å². The Labute approximate surface area is 158 Å². The molecule has 8 nitrogen and oxygen atoms in total. The molecular formula is C18H23N3O5S. The molecule has 2 unspecified atom stereocenters. The van der Waals surface area contributed by atoms with E-state index in [0.717, 1.165) is 0 Å². The van der Waals surface area contributed by atoms with Crippen molar-refractivity contribution in [2.45, 2.75) is 37.9 Å². The number of aromatic nitrogens is 1. The number of ether oxygens (including phenoxy) is 1. The first-order valence-corrected chi connectivity index (χ1v) is 10.2. The number of sulfonamides is 1. The number of nitrogens with one attached hydrogen (secondary N) is 1. The number of carbonyl (C=O) groups excluding carboxylic acids is 1. The summed E-state index contributed by atoms with van der Waals surface area (Å²) in [5.74, 6) is 0.851. The molecule has 1 fully saturated rings. The third-order valence-electron chi connectivity index (χ3n) is 4.24. The predicted octanol–water partition coefficient (Wildman–Crippen LogP) is 2.08. The molecule has 146 valence electrons. The van der Waals surface area contributed by atoms with E-state index in [1.165, 1.54) is 16.4 Å². The molecule has 0 saturated carbocycles. The maximum atomic E-state index is 13.0. The lowest BCUT2D eigenvalue weighted by Gasteiger charge is -2.34. The van der Waals surface area contributed by atoms with Gasteiger partial charge in [-0.25, -0.2) is 8.42 Å². The number of rotatable bonds is 6. The van der Waals surface area contributed by atoms with Crippen LogP contribution in [-0.2, 0) is 14.8 Å². The Bertz CT molecular complexity index is 915. The van der Waals surface area contributed by atoms with Gasteiger partial charge in [0.25, 0.3) is 0 Å². The molecule has 0 aliphatic carbocycles. The summed E-state index contributed by atoms with van der Waals surface area (Å²) >= 11 is 0. The summed E-state index contributed by atoms with van der Waals surface area (Å²) in [5.41, 5.74) is 0.318. The van der Waals surface area contributed by atoms with Crippen LogP contribution in [0.3, 0.4) is 0 Å². The van der Waals surface area contributed by atoms with Crippen LogP contribution in [0.5, 0.6) is 0 Å². The molecule has 0 spiro atoms. The number of nitrogens with zero attached hydrogens (tertiary/aromatic N) is 2. The van der Waals surface area contributed by atoms with Crippen molar-refractivity contribution in [3.8, 4) is 0 Å². The highest BCUT2D eigenvalue weighted by atomic mass is 32.2. The molecule has 1 aromatic carbocycles. The normalized spacial score (nSPS) is 21.1. The first-order valence-electron chi connectivity index (χ1n) is 8.72. The number of benzene rings is 1. The molecule has 1 aliphatic heterocycles. The summed E-state index contributed by atoms with van der Waals surface area (Å²) in [6, 6.07) is 7.77. The lowest BCUT2D eigenvalue weighted by atomic mass is 10.1. The number of ketones is 1. The van der Waals surface area contributed by atoms with Crippen LogP contribution in [0, 0.1) is 6.92 Å². The Hall–Kier alpha value is -2.23. The highest BCUT2D eigenvalue weighted by Gasteiger charge is 2.32. The average molecular weight is 393 g/mol. The van der Waals surface area contributed by atoms with E-state index >= 15 is 0 Å². The van der Waals surface area contributed by atoms with Crippen molar-refractivity contribution >= 4 is 21.6 Å². The van der Waals surface area contributed by atoms with E-state index in [9.17, 15) is 13.2 Å². The second-order valence-electron chi connectivity index (χ2n) is 6.71. The number of hydrogen-bond acceptors (Lipinski definition) is 7. The molecule has 0 bridgehead atoms. The summed E-state index contributed by atoms with van der Waals surface area (Å²) in [6.45, 7) is 6.00. The fraction of sp³-hybridized carbons (Fsp3) is 0.444. The Morgan fingerprint density at radius 3 is 2.59 bits per heavy atom. The van der Waals surface area contributed by atoms with Gasteiger partial charge in [0.15, 0.2) is 11.6 Å². The first kappa shape index (κ1) is 19.5. The number of hydrogen-bond donors (Lipinski definition) is 1. The number of carbonyl (C=O) groups is 1. The fourth-order valence-electron chi connectivity index (χ4n) is 3.03. The van der Waals surface area contributed by atoms with Gasteiger partial charge in [0.1, 0.15) is 5.76 Å². The highest BCUT2D eigenvalue weighted by Crippen LogP contribution is 2.22. The van der Waals surface area contributed by atoms with E-state index in [2.05, 4.69) is 10.5 Å². The molecule has 1 N–H and O–H groups in total. The van der Waals surface area contributed by atoms with Gasteiger partial charge in [-0.05, 0) is 32.9 Å². The first-order chi connectivity index (χ1) is 12.8. The number of anilines is 1. The molecule has 1 aromatic heterocycles. The monoisotopic (exact) mass is 393 g/mol. The van der Waals surface area contributed by atoms with Gasteiger partial charge in [-0.1, -0.05) is 17.3 Å². The molecule has 0 amide bonds. The maximum absolute atomic E-state index is 13.0. The summed E-state index contributed by atoms with van der Waals surface area (Å²) in [6.07, 6.45) is -0.355. The Balaban J connectivity index is 1.75. The molecule has 2 heterocycles. The van der Waals surface area contributed by atoms with Gasteiger partial charge in [0.05, 0.1) is 23.6 Å². The number of Topliss-reactive ketones (excluding diaryl/α,β-unsaturated/α-hetero) is 1. The van der Waals surface area contributed by atoms with E-state index in [-0.39, 0.29) is 42.5 Å². The summed E-state index contributed by atoms with van der Waals surface area (Å²) < 4.78 is 37.9. The van der Waals surface area contributed by atoms with Crippen LogP contribution in [0.2, 0.25) is 0 Å².